The number of hydrogen-bond donors (Lipinski definition) is 1. The van der Waals surface area contributed by atoms with Crippen LogP contribution in [0.1, 0.15) is 18.7 Å². The highest BCUT2D eigenvalue weighted by Gasteiger charge is 2.17. The minimum absolute atomic E-state index is 0.579. The molecular weight excluding hydrogens is 192 g/mol. The molecule has 1 aliphatic rings. The third kappa shape index (κ3) is 2.76. The molecule has 1 unspecified atom stereocenters. The molecule has 1 aromatic rings. The summed E-state index contributed by atoms with van der Waals surface area (Å²) in [6, 6.07) is 0.579. The lowest BCUT2D eigenvalue weighted by Gasteiger charge is -2.10. The largest absolute Gasteiger partial charge is 0.383 e. The van der Waals surface area contributed by atoms with Crippen LogP contribution in [-0.4, -0.2) is 41.1 Å². The molecule has 1 atom stereocenters. The zero-order valence-electron chi connectivity index (χ0n) is 9.15. The Labute approximate surface area is 89.8 Å². The predicted octanol–water partition coefficient (Wildman–Crippen LogP) is 0.219. The number of rotatable bonds is 5. The topological polar surface area (TPSA) is 52.0 Å². The van der Waals surface area contributed by atoms with Gasteiger partial charge in [0.05, 0.1) is 6.61 Å². The number of aromatic nitrogens is 3. The van der Waals surface area contributed by atoms with E-state index in [2.05, 4.69) is 20.1 Å². The number of hydrogen-bond acceptors (Lipinski definition) is 4. The molecule has 0 amide bonds. The molecule has 0 spiro atoms. The van der Waals surface area contributed by atoms with Crippen LogP contribution in [0.25, 0.3) is 0 Å². The van der Waals surface area contributed by atoms with Gasteiger partial charge in [-0.05, 0) is 19.4 Å². The van der Waals surface area contributed by atoms with Crippen LogP contribution >= 0.6 is 0 Å². The van der Waals surface area contributed by atoms with Crippen molar-refractivity contribution in [2.45, 2.75) is 31.8 Å². The first kappa shape index (κ1) is 10.6. The fourth-order valence-corrected chi connectivity index (χ4v) is 1.96. The van der Waals surface area contributed by atoms with Crippen molar-refractivity contribution in [3.63, 3.8) is 0 Å². The molecule has 1 aliphatic heterocycles. The summed E-state index contributed by atoms with van der Waals surface area (Å²) < 4.78 is 7.12. The molecule has 0 radical (unpaired) electrons. The van der Waals surface area contributed by atoms with E-state index in [0.717, 1.165) is 25.3 Å². The molecule has 5 nitrogen and oxygen atoms in total. The third-order valence-corrected chi connectivity index (χ3v) is 2.82. The van der Waals surface area contributed by atoms with Gasteiger partial charge in [0.15, 0.2) is 0 Å². The zero-order chi connectivity index (χ0) is 10.5. The third-order valence-electron chi connectivity index (χ3n) is 2.82. The Morgan fingerprint density at radius 1 is 1.67 bits per heavy atom. The minimum Gasteiger partial charge on any atom is -0.383 e. The maximum absolute atomic E-state index is 5.05. The van der Waals surface area contributed by atoms with E-state index in [0.29, 0.717) is 12.6 Å². The molecule has 1 fully saturated rings. The highest BCUT2D eigenvalue weighted by Crippen LogP contribution is 2.10. The Morgan fingerprint density at radius 3 is 3.33 bits per heavy atom. The van der Waals surface area contributed by atoms with Crippen molar-refractivity contribution in [2.75, 3.05) is 20.3 Å². The average Bonchev–Trinajstić information content (AvgIpc) is 2.87. The number of methoxy groups -OCH3 is 1. The van der Waals surface area contributed by atoms with E-state index in [1.807, 2.05) is 0 Å². The highest BCUT2D eigenvalue weighted by atomic mass is 16.5. The second-order valence-corrected chi connectivity index (χ2v) is 3.93. The van der Waals surface area contributed by atoms with Gasteiger partial charge in [0.25, 0.3) is 0 Å². The Morgan fingerprint density at radius 2 is 2.60 bits per heavy atom. The van der Waals surface area contributed by atoms with E-state index in [9.17, 15) is 0 Å². The number of nitrogens with one attached hydrogen (secondary N) is 1. The molecule has 15 heavy (non-hydrogen) atoms. The van der Waals surface area contributed by atoms with Gasteiger partial charge in [-0.25, -0.2) is 0 Å². The Kier molecular flexibility index (Phi) is 3.69. The molecule has 2 heterocycles. The standard InChI is InChI=1S/C10H18N4O/c1-15-6-5-14-8-12-13-10(14)7-9-3-2-4-11-9/h8-9,11H,2-7H2,1H3. The van der Waals surface area contributed by atoms with Crippen LogP contribution < -0.4 is 5.32 Å². The van der Waals surface area contributed by atoms with Gasteiger partial charge in [0.2, 0.25) is 0 Å². The molecule has 0 aromatic carbocycles. The molecule has 1 N–H and O–H groups in total. The lowest BCUT2D eigenvalue weighted by atomic mass is 10.1. The van der Waals surface area contributed by atoms with Gasteiger partial charge in [0, 0.05) is 26.1 Å². The van der Waals surface area contributed by atoms with Gasteiger partial charge in [-0.3, -0.25) is 0 Å². The van der Waals surface area contributed by atoms with Crippen LogP contribution in [0.15, 0.2) is 6.33 Å². The Balaban J connectivity index is 1.91. The van der Waals surface area contributed by atoms with Crippen molar-refractivity contribution in [1.82, 2.24) is 20.1 Å². The molecule has 0 aliphatic carbocycles. The molecule has 1 saturated heterocycles. The maximum Gasteiger partial charge on any atom is 0.134 e. The molecular formula is C10H18N4O. The van der Waals surface area contributed by atoms with E-state index >= 15 is 0 Å². The fraction of sp³-hybridized carbons (Fsp3) is 0.800. The number of ether oxygens (including phenoxy) is 1. The molecule has 84 valence electrons. The van der Waals surface area contributed by atoms with E-state index in [1.54, 1.807) is 13.4 Å². The normalized spacial score (nSPS) is 21.0. The second-order valence-electron chi connectivity index (χ2n) is 3.93. The van der Waals surface area contributed by atoms with Gasteiger partial charge in [-0.15, -0.1) is 10.2 Å². The van der Waals surface area contributed by atoms with Gasteiger partial charge in [0.1, 0.15) is 12.2 Å². The predicted molar refractivity (Wildman–Crippen MR) is 56.6 cm³/mol. The van der Waals surface area contributed by atoms with Crippen LogP contribution in [0.2, 0.25) is 0 Å². The Hall–Kier alpha value is -0.940. The van der Waals surface area contributed by atoms with E-state index < -0.39 is 0 Å². The Bertz CT molecular complexity index is 293. The minimum atomic E-state index is 0.579. The van der Waals surface area contributed by atoms with Gasteiger partial charge < -0.3 is 14.6 Å². The number of nitrogens with zero attached hydrogens (tertiary/aromatic N) is 3. The SMILES string of the molecule is COCCn1cnnc1CC1CCCN1. The summed E-state index contributed by atoms with van der Waals surface area (Å²) in [6.07, 6.45) is 5.28. The maximum atomic E-state index is 5.05. The van der Waals surface area contributed by atoms with Gasteiger partial charge in [-0.2, -0.15) is 0 Å². The molecule has 0 bridgehead atoms. The van der Waals surface area contributed by atoms with Crippen LogP contribution in [0.5, 0.6) is 0 Å². The summed E-state index contributed by atoms with van der Waals surface area (Å²) in [5.41, 5.74) is 0. The molecule has 5 heteroatoms. The monoisotopic (exact) mass is 210 g/mol. The first-order valence-corrected chi connectivity index (χ1v) is 5.49. The average molecular weight is 210 g/mol. The van der Waals surface area contributed by atoms with Crippen molar-refractivity contribution >= 4 is 0 Å². The van der Waals surface area contributed by atoms with E-state index in [-0.39, 0.29) is 0 Å². The van der Waals surface area contributed by atoms with Crippen molar-refractivity contribution in [3.05, 3.63) is 12.2 Å². The van der Waals surface area contributed by atoms with Crippen LogP contribution in [0.3, 0.4) is 0 Å². The van der Waals surface area contributed by atoms with Crippen molar-refractivity contribution < 1.29 is 4.74 Å². The van der Waals surface area contributed by atoms with Crippen molar-refractivity contribution in [2.24, 2.45) is 0 Å². The van der Waals surface area contributed by atoms with Crippen LogP contribution in [-0.2, 0) is 17.7 Å². The molecule has 1 aromatic heterocycles. The summed E-state index contributed by atoms with van der Waals surface area (Å²) in [4.78, 5) is 0. The van der Waals surface area contributed by atoms with Crippen LogP contribution in [0.4, 0.5) is 0 Å². The summed E-state index contributed by atoms with van der Waals surface area (Å²) in [7, 11) is 1.71. The lowest BCUT2D eigenvalue weighted by molar-refractivity contribution is 0.186. The molecule has 2 rings (SSSR count). The lowest BCUT2D eigenvalue weighted by Crippen LogP contribution is -2.25. The van der Waals surface area contributed by atoms with Gasteiger partial charge in [-0.1, -0.05) is 0 Å². The zero-order valence-corrected chi connectivity index (χ0v) is 9.15. The fourth-order valence-electron chi connectivity index (χ4n) is 1.96. The van der Waals surface area contributed by atoms with Crippen molar-refractivity contribution in [1.29, 1.82) is 0 Å². The quantitative estimate of drug-likeness (QED) is 0.755. The summed E-state index contributed by atoms with van der Waals surface area (Å²) in [5.74, 6) is 1.06. The highest BCUT2D eigenvalue weighted by molar-refractivity contribution is 4.92. The summed E-state index contributed by atoms with van der Waals surface area (Å²) in [6.45, 7) is 2.69. The summed E-state index contributed by atoms with van der Waals surface area (Å²) in [5, 5.41) is 11.6. The first-order chi connectivity index (χ1) is 7.40. The van der Waals surface area contributed by atoms with Crippen molar-refractivity contribution in [3.8, 4) is 0 Å². The second kappa shape index (κ2) is 5.23. The van der Waals surface area contributed by atoms with Crippen LogP contribution in [0, 0.1) is 0 Å². The van der Waals surface area contributed by atoms with E-state index in [1.165, 1.54) is 12.8 Å². The van der Waals surface area contributed by atoms with E-state index in [4.69, 9.17) is 4.74 Å². The summed E-state index contributed by atoms with van der Waals surface area (Å²) >= 11 is 0. The van der Waals surface area contributed by atoms with Gasteiger partial charge >= 0.3 is 0 Å². The first-order valence-electron chi connectivity index (χ1n) is 5.49. The molecule has 0 saturated carbocycles. The smallest absolute Gasteiger partial charge is 0.134 e.